The number of imidazole rings is 1. The smallest absolute Gasteiger partial charge is 0.177 e. The van der Waals surface area contributed by atoms with E-state index in [0.29, 0.717) is 0 Å². The maximum absolute atomic E-state index is 4.87. The summed E-state index contributed by atoms with van der Waals surface area (Å²) in [6, 6.07) is 21.4. The third kappa shape index (κ3) is 2.32. The van der Waals surface area contributed by atoms with Crippen LogP contribution < -0.4 is 0 Å². The first kappa shape index (κ1) is 15.8. The van der Waals surface area contributed by atoms with Crippen molar-refractivity contribution in [3.05, 3.63) is 93.8 Å². The van der Waals surface area contributed by atoms with Crippen LogP contribution in [0, 0.1) is 0 Å². The van der Waals surface area contributed by atoms with E-state index < -0.39 is 0 Å². The van der Waals surface area contributed by atoms with Crippen LogP contribution in [0.2, 0.25) is 0 Å². The van der Waals surface area contributed by atoms with E-state index in [-0.39, 0.29) is 11.3 Å². The monoisotopic (exact) mass is 403 g/mol. The summed E-state index contributed by atoms with van der Waals surface area (Å²) in [5, 5.41) is 0. The lowest BCUT2D eigenvalue weighted by molar-refractivity contribution is 0.426. The zero-order valence-corrected chi connectivity index (χ0v) is 16.0. The Morgan fingerprint density at radius 3 is 2.73 bits per heavy atom. The third-order valence-electron chi connectivity index (χ3n) is 5.55. The molecule has 0 saturated carbocycles. The molecule has 1 aliphatic rings. The van der Waals surface area contributed by atoms with Gasteiger partial charge in [0.05, 0.1) is 5.52 Å². The maximum Gasteiger partial charge on any atom is 0.177 e. The highest BCUT2D eigenvalue weighted by Gasteiger charge is 2.46. The van der Waals surface area contributed by atoms with Gasteiger partial charge in [-0.05, 0) is 47.4 Å². The highest BCUT2D eigenvalue weighted by Crippen LogP contribution is 2.52. The molecule has 2 aromatic heterocycles. The number of aromatic amines is 1. The van der Waals surface area contributed by atoms with Crippen molar-refractivity contribution in [3.8, 4) is 0 Å². The van der Waals surface area contributed by atoms with Crippen molar-refractivity contribution < 1.29 is 0 Å². The second-order valence-corrected chi connectivity index (χ2v) is 8.16. The molecule has 2 aromatic carbocycles. The van der Waals surface area contributed by atoms with Gasteiger partial charge >= 0.3 is 0 Å². The average Bonchev–Trinajstić information content (AvgIpc) is 3.21. The zero-order valence-electron chi connectivity index (χ0n) is 14.4. The van der Waals surface area contributed by atoms with Crippen LogP contribution in [0.15, 0.2) is 71.3 Å². The van der Waals surface area contributed by atoms with Crippen LogP contribution in [0.25, 0.3) is 11.2 Å². The lowest BCUT2D eigenvalue weighted by Gasteiger charge is -2.30. The number of pyridine rings is 1. The molecule has 0 amide bonds. The number of halogens is 1. The van der Waals surface area contributed by atoms with Gasteiger partial charge in [-0.3, -0.25) is 0 Å². The minimum absolute atomic E-state index is 0.148. The SMILES string of the molecule is C[C@@]1(c2nc3ncccc3[nH]2)Cc2ccc(Br)cc2[C@@H]1c1ccccc1. The van der Waals surface area contributed by atoms with Crippen LogP contribution in [-0.2, 0) is 11.8 Å². The number of H-pyrrole nitrogens is 1. The molecule has 4 heteroatoms. The number of benzene rings is 2. The molecule has 5 rings (SSSR count). The Morgan fingerprint density at radius 1 is 1.08 bits per heavy atom. The van der Waals surface area contributed by atoms with Gasteiger partial charge in [-0.15, -0.1) is 0 Å². The molecular weight excluding hydrogens is 386 g/mol. The molecule has 0 spiro atoms. The molecule has 26 heavy (non-hydrogen) atoms. The number of hydrogen-bond acceptors (Lipinski definition) is 2. The summed E-state index contributed by atoms with van der Waals surface area (Å²) in [4.78, 5) is 12.8. The zero-order chi connectivity index (χ0) is 17.7. The standard InChI is InChI=1S/C22H18BrN3/c1-22(21-25-18-8-5-11-24-20(18)26-21)13-15-9-10-16(23)12-17(15)19(22)14-6-3-2-4-7-14/h2-12,19H,13H2,1H3,(H,24,25,26)/t19-,22+/m0/s1. The first-order chi connectivity index (χ1) is 12.6. The van der Waals surface area contributed by atoms with Gasteiger partial charge in [0.2, 0.25) is 0 Å². The second-order valence-electron chi connectivity index (χ2n) is 7.24. The van der Waals surface area contributed by atoms with Gasteiger partial charge in [0.15, 0.2) is 5.65 Å². The second kappa shape index (κ2) is 5.78. The van der Waals surface area contributed by atoms with E-state index in [4.69, 9.17) is 4.98 Å². The number of fused-ring (bicyclic) bond motifs is 2. The fourth-order valence-corrected chi connectivity index (χ4v) is 4.74. The number of aromatic nitrogens is 3. The molecule has 0 saturated heterocycles. The Morgan fingerprint density at radius 2 is 1.92 bits per heavy atom. The lowest BCUT2D eigenvalue weighted by atomic mass is 9.73. The summed E-state index contributed by atoms with van der Waals surface area (Å²) in [6.45, 7) is 2.32. The molecule has 0 fully saturated rings. The summed E-state index contributed by atoms with van der Waals surface area (Å²) in [5.41, 5.74) is 5.71. The summed E-state index contributed by atoms with van der Waals surface area (Å²) in [7, 11) is 0. The molecule has 0 unspecified atom stereocenters. The van der Waals surface area contributed by atoms with Gasteiger partial charge in [-0.25, -0.2) is 9.97 Å². The summed E-state index contributed by atoms with van der Waals surface area (Å²) < 4.78 is 1.12. The van der Waals surface area contributed by atoms with Crippen LogP contribution in [0.1, 0.15) is 35.4 Å². The fraction of sp³-hybridized carbons (Fsp3) is 0.182. The van der Waals surface area contributed by atoms with Crippen LogP contribution >= 0.6 is 15.9 Å². The largest absolute Gasteiger partial charge is 0.340 e. The van der Waals surface area contributed by atoms with Gasteiger partial charge in [0.25, 0.3) is 0 Å². The van der Waals surface area contributed by atoms with E-state index in [1.165, 1.54) is 16.7 Å². The van der Waals surface area contributed by atoms with Gasteiger partial charge in [-0.1, -0.05) is 59.3 Å². The van der Waals surface area contributed by atoms with E-state index >= 15 is 0 Å². The maximum atomic E-state index is 4.87. The molecule has 0 radical (unpaired) electrons. The Hall–Kier alpha value is -2.46. The van der Waals surface area contributed by atoms with E-state index in [0.717, 1.165) is 27.9 Å². The van der Waals surface area contributed by atoms with E-state index in [9.17, 15) is 0 Å². The summed E-state index contributed by atoms with van der Waals surface area (Å²) >= 11 is 3.65. The fourth-order valence-electron chi connectivity index (χ4n) is 4.37. The van der Waals surface area contributed by atoms with E-state index in [1.807, 2.05) is 12.1 Å². The molecule has 1 N–H and O–H groups in total. The molecule has 0 bridgehead atoms. The van der Waals surface area contributed by atoms with Crippen molar-refractivity contribution in [3.63, 3.8) is 0 Å². The highest BCUT2D eigenvalue weighted by atomic mass is 79.9. The number of nitrogens with one attached hydrogen (secondary N) is 1. The highest BCUT2D eigenvalue weighted by molar-refractivity contribution is 9.10. The topological polar surface area (TPSA) is 41.6 Å². The number of rotatable bonds is 2. The third-order valence-corrected chi connectivity index (χ3v) is 6.04. The van der Waals surface area contributed by atoms with E-state index in [1.54, 1.807) is 6.20 Å². The van der Waals surface area contributed by atoms with Crippen LogP contribution in [-0.4, -0.2) is 15.0 Å². The van der Waals surface area contributed by atoms with Gasteiger partial charge < -0.3 is 4.98 Å². The molecular formula is C22H18BrN3. The van der Waals surface area contributed by atoms with Crippen LogP contribution in [0.4, 0.5) is 0 Å². The molecule has 3 nitrogen and oxygen atoms in total. The molecule has 2 atom stereocenters. The van der Waals surface area contributed by atoms with Crippen molar-refractivity contribution in [2.45, 2.75) is 24.7 Å². The molecule has 1 aliphatic carbocycles. The molecule has 2 heterocycles. The Labute approximate surface area is 160 Å². The first-order valence-corrected chi connectivity index (χ1v) is 9.59. The van der Waals surface area contributed by atoms with Gasteiger partial charge in [0, 0.05) is 22.0 Å². The lowest BCUT2D eigenvalue weighted by Crippen LogP contribution is -2.29. The van der Waals surface area contributed by atoms with Crippen molar-refractivity contribution in [2.24, 2.45) is 0 Å². The van der Waals surface area contributed by atoms with E-state index in [2.05, 4.69) is 81.4 Å². The number of nitrogens with zero attached hydrogens (tertiary/aromatic N) is 2. The minimum atomic E-state index is -0.148. The average molecular weight is 404 g/mol. The normalized spacial score (nSPS) is 21.8. The van der Waals surface area contributed by atoms with Crippen molar-refractivity contribution in [1.29, 1.82) is 0 Å². The van der Waals surface area contributed by atoms with Crippen molar-refractivity contribution in [1.82, 2.24) is 15.0 Å². The number of hydrogen-bond donors (Lipinski definition) is 1. The van der Waals surface area contributed by atoms with Crippen molar-refractivity contribution >= 4 is 27.1 Å². The summed E-state index contributed by atoms with van der Waals surface area (Å²) in [5.74, 6) is 1.25. The Balaban J connectivity index is 1.74. The van der Waals surface area contributed by atoms with Crippen LogP contribution in [0.3, 0.4) is 0 Å². The predicted molar refractivity (Wildman–Crippen MR) is 107 cm³/mol. The molecule has 0 aliphatic heterocycles. The molecule has 4 aromatic rings. The Bertz CT molecular complexity index is 1070. The van der Waals surface area contributed by atoms with Gasteiger partial charge in [-0.2, -0.15) is 0 Å². The summed E-state index contributed by atoms with van der Waals surface area (Å²) in [6.07, 6.45) is 2.75. The first-order valence-electron chi connectivity index (χ1n) is 8.80. The quantitative estimate of drug-likeness (QED) is 0.488. The van der Waals surface area contributed by atoms with Crippen molar-refractivity contribution in [2.75, 3.05) is 0 Å². The van der Waals surface area contributed by atoms with Gasteiger partial charge in [0.1, 0.15) is 5.82 Å². The minimum Gasteiger partial charge on any atom is -0.340 e. The molecule has 128 valence electrons. The van der Waals surface area contributed by atoms with Crippen LogP contribution in [0.5, 0.6) is 0 Å². The predicted octanol–water partition coefficient (Wildman–Crippen LogP) is 5.37. The Kier molecular flexibility index (Phi) is 3.50.